The van der Waals surface area contributed by atoms with Gasteiger partial charge in [-0.3, -0.25) is 9.10 Å². The van der Waals surface area contributed by atoms with Crippen molar-refractivity contribution in [1.82, 2.24) is 10.2 Å². The highest BCUT2D eigenvalue weighted by atomic mass is 32.2. The molecule has 0 unspecified atom stereocenters. The minimum absolute atomic E-state index is 0.0369. The highest BCUT2D eigenvalue weighted by Crippen LogP contribution is 2.23. The summed E-state index contributed by atoms with van der Waals surface area (Å²) in [5, 5.41) is 2.94. The van der Waals surface area contributed by atoms with Crippen molar-refractivity contribution >= 4 is 21.6 Å². The number of amides is 1. The van der Waals surface area contributed by atoms with Crippen molar-refractivity contribution in [2.24, 2.45) is 0 Å². The predicted octanol–water partition coefficient (Wildman–Crippen LogP) is 2.23. The number of likely N-dealkylation sites (tertiary alicyclic amines) is 1. The second-order valence-corrected chi connectivity index (χ2v) is 8.81. The van der Waals surface area contributed by atoms with Crippen LogP contribution in [0, 0.1) is 5.82 Å². The van der Waals surface area contributed by atoms with E-state index in [0.717, 1.165) is 42.4 Å². The summed E-state index contributed by atoms with van der Waals surface area (Å²) in [6.45, 7) is 1.44. The van der Waals surface area contributed by atoms with Gasteiger partial charge in [0.25, 0.3) is 10.0 Å². The smallest absolute Gasteiger partial charge is 0.264 e. The first kappa shape index (κ1) is 20.3. The van der Waals surface area contributed by atoms with Crippen LogP contribution in [0.4, 0.5) is 10.1 Å². The molecule has 0 bridgehead atoms. The molecule has 0 radical (unpaired) electrons. The molecule has 1 aliphatic heterocycles. The molecule has 28 heavy (non-hydrogen) atoms. The second kappa shape index (κ2) is 8.70. The van der Waals surface area contributed by atoms with E-state index in [0.29, 0.717) is 5.69 Å². The monoisotopic (exact) mass is 405 g/mol. The molecule has 0 atom stereocenters. The summed E-state index contributed by atoms with van der Waals surface area (Å²) in [7, 11) is -1.99. The maximum Gasteiger partial charge on any atom is 0.264 e. The van der Waals surface area contributed by atoms with Crippen molar-refractivity contribution in [3.05, 3.63) is 60.4 Å². The van der Waals surface area contributed by atoms with Crippen molar-refractivity contribution in [3.8, 4) is 0 Å². The lowest BCUT2D eigenvalue weighted by atomic mass is 10.1. The Kier molecular flexibility index (Phi) is 6.31. The number of hydrogen-bond donors (Lipinski definition) is 1. The average Bonchev–Trinajstić information content (AvgIpc) is 2.69. The lowest BCUT2D eigenvalue weighted by Crippen LogP contribution is -2.47. The number of carbonyl (C=O) groups is 1. The molecule has 150 valence electrons. The molecule has 2 aromatic rings. The number of benzene rings is 2. The second-order valence-electron chi connectivity index (χ2n) is 6.95. The SMILES string of the molecule is CN1CCC(NC(=O)CN(c2ccccc2)S(=O)(=O)c2ccc(F)cc2)CC1. The van der Waals surface area contributed by atoms with Crippen LogP contribution in [0.15, 0.2) is 59.5 Å². The molecule has 3 rings (SSSR count). The third-order valence-corrected chi connectivity index (χ3v) is 6.60. The fourth-order valence-electron chi connectivity index (χ4n) is 3.20. The van der Waals surface area contributed by atoms with Gasteiger partial charge in [0.05, 0.1) is 10.6 Å². The first-order valence-electron chi connectivity index (χ1n) is 9.17. The van der Waals surface area contributed by atoms with Crippen molar-refractivity contribution in [2.75, 3.05) is 31.0 Å². The molecule has 0 spiro atoms. The minimum atomic E-state index is -4.02. The number of nitrogens with one attached hydrogen (secondary N) is 1. The zero-order valence-corrected chi connectivity index (χ0v) is 16.5. The van der Waals surface area contributed by atoms with E-state index < -0.39 is 15.8 Å². The van der Waals surface area contributed by atoms with Gasteiger partial charge in [0, 0.05) is 6.04 Å². The number of halogens is 1. The van der Waals surface area contributed by atoms with E-state index in [4.69, 9.17) is 0 Å². The molecule has 0 aromatic heterocycles. The first-order chi connectivity index (χ1) is 13.4. The fourth-order valence-corrected chi connectivity index (χ4v) is 4.62. The number of piperidine rings is 1. The van der Waals surface area contributed by atoms with Gasteiger partial charge in [-0.1, -0.05) is 18.2 Å². The molecular weight excluding hydrogens is 381 g/mol. The van der Waals surface area contributed by atoms with Crippen LogP contribution in [0.5, 0.6) is 0 Å². The standard InChI is InChI=1S/C20H24FN3O3S/c1-23-13-11-17(12-14-23)22-20(25)15-24(18-5-3-2-4-6-18)28(26,27)19-9-7-16(21)8-10-19/h2-10,17H,11-15H2,1H3,(H,22,25). The Bertz CT molecular complexity index is 896. The van der Waals surface area contributed by atoms with Gasteiger partial charge in [-0.05, 0) is 69.4 Å². The van der Waals surface area contributed by atoms with Crippen LogP contribution in [-0.2, 0) is 14.8 Å². The van der Waals surface area contributed by atoms with Crippen LogP contribution in [-0.4, -0.2) is 51.9 Å². The molecular formula is C20H24FN3O3S. The zero-order valence-electron chi connectivity index (χ0n) is 15.7. The normalized spacial score (nSPS) is 15.9. The van der Waals surface area contributed by atoms with Crippen LogP contribution in [0.2, 0.25) is 0 Å². The number of sulfonamides is 1. The molecule has 1 N–H and O–H groups in total. The molecule has 8 heteroatoms. The fraction of sp³-hybridized carbons (Fsp3) is 0.350. The molecule has 1 fully saturated rings. The van der Waals surface area contributed by atoms with Crippen LogP contribution in [0.25, 0.3) is 0 Å². The van der Waals surface area contributed by atoms with Crippen molar-refractivity contribution in [1.29, 1.82) is 0 Å². The Morgan fingerprint density at radius 3 is 2.32 bits per heavy atom. The van der Waals surface area contributed by atoms with E-state index in [2.05, 4.69) is 10.2 Å². The summed E-state index contributed by atoms with van der Waals surface area (Å²) in [4.78, 5) is 14.7. The molecule has 1 aliphatic rings. The number of anilines is 1. The maximum absolute atomic E-state index is 13.2. The summed E-state index contributed by atoms with van der Waals surface area (Å²) < 4.78 is 40.5. The summed E-state index contributed by atoms with van der Waals surface area (Å²) in [6, 6.07) is 13.1. The minimum Gasteiger partial charge on any atom is -0.352 e. The van der Waals surface area contributed by atoms with Crippen LogP contribution < -0.4 is 9.62 Å². The van der Waals surface area contributed by atoms with E-state index in [-0.39, 0.29) is 23.4 Å². The largest absolute Gasteiger partial charge is 0.352 e. The van der Waals surface area contributed by atoms with Gasteiger partial charge in [0.2, 0.25) is 5.91 Å². The van der Waals surface area contributed by atoms with E-state index in [1.807, 2.05) is 7.05 Å². The third-order valence-electron chi connectivity index (χ3n) is 4.82. The number of para-hydroxylation sites is 1. The van der Waals surface area contributed by atoms with Crippen molar-refractivity contribution in [2.45, 2.75) is 23.8 Å². The molecule has 1 heterocycles. The van der Waals surface area contributed by atoms with Crippen LogP contribution >= 0.6 is 0 Å². The van der Waals surface area contributed by atoms with Crippen molar-refractivity contribution < 1.29 is 17.6 Å². The van der Waals surface area contributed by atoms with Crippen molar-refractivity contribution in [3.63, 3.8) is 0 Å². The van der Waals surface area contributed by atoms with Gasteiger partial charge < -0.3 is 10.2 Å². The van der Waals surface area contributed by atoms with Gasteiger partial charge in [0.15, 0.2) is 0 Å². The van der Waals surface area contributed by atoms with E-state index in [1.54, 1.807) is 30.3 Å². The number of nitrogens with zero attached hydrogens (tertiary/aromatic N) is 2. The molecule has 0 saturated carbocycles. The Morgan fingerprint density at radius 2 is 1.71 bits per heavy atom. The summed E-state index contributed by atoms with van der Waals surface area (Å²) in [5.41, 5.74) is 0.380. The lowest BCUT2D eigenvalue weighted by Gasteiger charge is -2.30. The number of carbonyl (C=O) groups excluding carboxylic acids is 1. The van der Waals surface area contributed by atoms with Gasteiger partial charge >= 0.3 is 0 Å². The van der Waals surface area contributed by atoms with E-state index >= 15 is 0 Å². The zero-order chi connectivity index (χ0) is 20.1. The number of rotatable bonds is 6. The molecule has 1 saturated heterocycles. The predicted molar refractivity (Wildman–Crippen MR) is 106 cm³/mol. The first-order valence-corrected chi connectivity index (χ1v) is 10.6. The summed E-state index contributed by atoms with van der Waals surface area (Å²) in [6.07, 6.45) is 1.66. The van der Waals surface area contributed by atoms with Gasteiger partial charge in [0.1, 0.15) is 12.4 Å². The molecule has 1 amide bonds. The van der Waals surface area contributed by atoms with E-state index in [1.165, 1.54) is 12.1 Å². The summed E-state index contributed by atoms with van der Waals surface area (Å²) >= 11 is 0. The van der Waals surface area contributed by atoms with Gasteiger partial charge in [-0.15, -0.1) is 0 Å². The average molecular weight is 405 g/mol. The van der Waals surface area contributed by atoms with E-state index in [9.17, 15) is 17.6 Å². The quantitative estimate of drug-likeness (QED) is 0.800. The molecule has 2 aromatic carbocycles. The third kappa shape index (κ3) is 4.88. The highest BCUT2D eigenvalue weighted by molar-refractivity contribution is 7.92. The molecule has 6 nitrogen and oxygen atoms in total. The Morgan fingerprint density at radius 1 is 1.11 bits per heavy atom. The maximum atomic E-state index is 13.2. The Labute approximate surface area is 165 Å². The van der Waals surface area contributed by atoms with Crippen LogP contribution in [0.3, 0.4) is 0 Å². The summed E-state index contributed by atoms with van der Waals surface area (Å²) in [5.74, 6) is -0.880. The topological polar surface area (TPSA) is 69.7 Å². The lowest BCUT2D eigenvalue weighted by molar-refractivity contribution is -0.120. The van der Waals surface area contributed by atoms with Crippen LogP contribution in [0.1, 0.15) is 12.8 Å². The van der Waals surface area contributed by atoms with Gasteiger partial charge in [-0.25, -0.2) is 12.8 Å². The number of hydrogen-bond acceptors (Lipinski definition) is 4. The Balaban J connectivity index is 1.81. The Hall–Kier alpha value is -2.45. The molecule has 0 aliphatic carbocycles. The highest BCUT2D eigenvalue weighted by Gasteiger charge is 2.28. The van der Waals surface area contributed by atoms with Gasteiger partial charge in [-0.2, -0.15) is 0 Å².